The van der Waals surface area contributed by atoms with Crippen LogP contribution in [0.25, 0.3) is 0 Å². The zero-order chi connectivity index (χ0) is 8.08. The van der Waals surface area contributed by atoms with Gasteiger partial charge in [-0.25, -0.2) is 0 Å². The summed E-state index contributed by atoms with van der Waals surface area (Å²) >= 11 is -2.61. The summed E-state index contributed by atoms with van der Waals surface area (Å²) in [5.41, 5.74) is 0. The van der Waals surface area contributed by atoms with E-state index in [2.05, 4.69) is 0 Å². The number of hydrogen-bond acceptors (Lipinski definition) is 3. The molecular weight excluding hydrogens is 241 g/mol. The van der Waals surface area contributed by atoms with Crippen molar-refractivity contribution in [2.45, 2.75) is 0 Å². The molecule has 0 bridgehead atoms. The normalized spacial score (nSPS) is 8.45. The maximum Gasteiger partial charge on any atom is 2.00 e. The van der Waals surface area contributed by atoms with Gasteiger partial charge in [-0.15, -0.1) is 0 Å². The Morgan fingerprint density at radius 3 is 1.18 bits per heavy atom. The van der Waals surface area contributed by atoms with E-state index in [0.29, 0.717) is 0 Å². The predicted octanol–water partition coefficient (Wildman–Crippen LogP) is -1.28. The van der Waals surface area contributed by atoms with Crippen LogP contribution in [0.3, 0.4) is 0 Å². The zero-order valence-corrected chi connectivity index (χ0v) is 10.5. The molecule has 0 heterocycles. The number of hydrogen-bond donors (Lipinski definition) is 4. The van der Waals surface area contributed by atoms with Gasteiger partial charge >= 0.3 is 71.2 Å². The minimum absolute atomic E-state index is 0. The molecule has 0 aliphatic rings. The van der Waals surface area contributed by atoms with Crippen LogP contribution >= 0.6 is 0 Å². The molecule has 0 saturated carbocycles. The monoisotopic (exact) mass is 248 g/mol. The van der Waals surface area contributed by atoms with Gasteiger partial charge in [-0.05, 0) is 0 Å². The van der Waals surface area contributed by atoms with Gasteiger partial charge in [0.05, 0.1) is 0 Å². The second kappa shape index (κ2) is 12.0. The zero-order valence-electron chi connectivity index (χ0n) is 9.24. The van der Waals surface area contributed by atoms with Gasteiger partial charge < -0.3 is 5.71 Å². The minimum Gasteiger partial charge on any atom is -1.00 e. The van der Waals surface area contributed by atoms with Gasteiger partial charge in [0.1, 0.15) is 0 Å². The van der Waals surface area contributed by atoms with Gasteiger partial charge in [0.25, 0.3) is 11.4 Å². The van der Waals surface area contributed by atoms with Crippen LogP contribution < -0.4 is 0 Å². The van der Waals surface area contributed by atoms with Crippen molar-refractivity contribution < 1.29 is 36.5 Å². The Morgan fingerprint density at radius 2 is 1.18 bits per heavy atom. The average Bonchev–Trinajstić information content (AvgIpc) is 1.19. The summed E-state index contributed by atoms with van der Waals surface area (Å²) in [6, 6.07) is 0. The van der Waals surface area contributed by atoms with Crippen LogP contribution in [0.1, 0.15) is 5.71 Å². The van der Waals surface area contributed by atoms with E-state index >= 15 is 0 Å². The Labute approximate surface area is 118 Å². The third kappa shape index (κ3) is 307. The molecule has 0 radical (unpaired) electrons. The smallest absolute Gasteiger partial charge is 1.00 e. The quantitative estimate of drug-likeness (QED) is 0.238. The van der Waals surface area contributed by atoms with Crippen molar-refractivity contribution in [3.8, 4) is 0 Å². The van der Waals surface area contributed by atoms with E-state index in [1.807, 2.05) is 0 Å². The van der Waals surface area contributed by atoms with E-state index in [0.717, 1.165) is 0 Å². The molecule has 4 N–H and O–H groups in total. The molecule has 0 aromatic rings. The summed E-state index contributed by atoms with van der Waals surface area (Å²) in [6.07, 6.45) is 0. The largest absolute Gasteiger partial charge is 2.00 e. The van der Waals surface area contributed by atoms with E-state index < -0.39 is 21.8 Å². The van der Waals surface area contributed by atoms with Gasteiger partial charge in [0, 0.05) is 0 Å². The van der Waals surface area contributed by atoms with Crippen molar-refractivity contribution in [3.05, 3.63) is 0 Å². The van der Waals surface area contributed by atoms with E-state index in [1.165, 1.54) is 0 Å². The SMILES string of the molecule is O=S(=O)(O)O.O=S(O)O.[Ca+2].[H-].[H-].[H-].[H-].[Mg+2]. The Morgan fingerprint density at radius 1 is 1.18 bits per heavy atom. The molecule has 0 unspecified atom stereocenters. The molecule has 0 aliphatic carbocycles. The van der Waals surface area contributed by atoms with Crippen molar-refractivity contribution in [1.29, 1.82) is 0 Å². The molecule has 66 valence electrons. The summed E-state index contributed by atoms with van der Waals surface area (Å²) in [6.45, 7) is 0. The molecule has 11 heavy (non-hydrogen) atoms. The molecule has 0 saturated heterocycles. The first-order valence-electron chi connectivity index (χ1n) is 1.23. The number of rotatable bonds is 0. The van der Waals surface area contributed by atoms with Crippen molar-refractivity contribution in [1.82, 2.24) is 0 Å². The van der Waals surface area contributed by atoms with Crippen molar-refractivity contribution in [3.63, 3.8) is 0 Å². The summed E-state index contributed by atoms with van der Waals surface area (Å²) in [7, 11) is -4.67. The maximum absolute atomic E-state index is 8.74. The first-order valence-corrected chi connectivity index (χ1v) is 3.69. The summed E-state index contributed by atoms with van der Waals surface area (Å²) in [5, 5.41) is 0. The second-order valence-corrected chi connectivity index (χ2v) is 2.04. The molecule has 11 heteroatoms. The van der Waals surface area contributed by atoms with E-state index in [1.54, 1.807) is 0 Å². The summed E-state index contributed by atoms with van der Waals surface area (Å²) < 4.78 is 54.4. The molecule has 7 nitrogen and oxygen atoms in total. The Bertz CT molecular complexity index is 171. The second-order valence-electron chi connectivity index (χ2n) is 0.679. The van der Waals surface area contributed by atoms with Gasteiger partial charge in [-0.3, -0.25) is 18.2 Å². The first kappa shape index (κ1) is 23.1. The van der Waals surface area contributed by atoms with Crippen molar-refractivity contribution >= 4 is 82.6 Å². The van der Waals surface area contributed by atoms with Crippen molar-refractivity contribution in [2.75, 3.05) is 0 Å². The predicted molar refractivity (Wildman–Crippen MR) is 43.5 cm³/mol. The van der Waals surface area contributed by atoms with Crippen LogP contribution in [0.5, 0.6) is 0 Å². The fourth-order valence-corrected chi connectivity index (χ4v) is 0. The first-order chi connectivity index (χ1) is 3.73. The molecule has 0 atom stereocenters. The molecular formula is H8CaMgO7S2. The Balaban J connectivity index is -0.00000000785. The van der Waals surface area contributed by atoms with Crippen LogP contribution in [-0.2, 0) is 21.8 Å². The molecule has 0 rings (SSSR count). The average molecular weight is 249 g/mol. The van der Waals surface area contributed by atoms with E-state index in [9.17, 15) is 0 Å². The van der Waals surface area contributed by atoms with E-state index in [-0.39, 0.29) is 66.5 Å². The third-order valence-electron chi connectivity index (χ3n) is 0. The fourth-order valence-electron chi connectivity index (χ4n) is 0. The maximum atomic E-state index is 8.74. The molecule has 0 fully saturated rings. The van der Waals surface area contributed by atoms with Crippen molar-refractivity contribution in [2.24, 2.45) is 0 Å². The van der Waals surface area contributed by atoms with Crippen LogP contribution in [0.4, 0.5) is 0 Å². The third-order valence-corrected chi connectivity index (χ3v) is 0. The summed E-state index contributed by atoms with van der Waals surface area (Å²) in [5.74, 6) is 0. The molecule has 0 spiro atoms. The Kier molecular flexibility index (Phi) is 25.1. The van der Waals surface area contributed by atoms with E-state index in [4.69, 9.17) is 30.8 Å². The van der Waals surface area contributed by atoms with Gasteiger partial charge in [0.15, 0.2) is 0 Å². The van der Waals surface area contributed by atoms with Gasteiger partial charge in [-0.1, -0.05) is 0 Å². The van der Waals surface area contributed by atoms with Crippen LogP contribution in [0, 0.1) is 0 Å². The topological polar surface area (TPSA) is 132 Å². The summed E-state index contributed by atoms with van der Waals surface area (Å²) in [4.78, 5) is 0. The molecule has 0 aromatic carbocycles. The minimum atomic E-state index is -4.67. The fraction of sp³-hybridized carbons (Fsp3) is 0. The van der Waals surface area contributed by atoms with Crippen LogP contribution in [0.2, 0.25) is 0 Å². The Hall–Kier alpha value is 1.97. The van der Waals surface area contributed by atoms with Gasteiger partial charge in [-0.2, -0.15) is 12.6 Å². The van der Waals surface area contributed by atoms with Crippen LogP contribution in [-0.4, -0.2) is 91.6 Å². The van der Waals surface area contributed by atoms with Crippen LogP contribution in [0.15, 0.2) is 0 Å². The van der Waals surface area contributed by atoms with Gasteiger partial charge in [0.2, 0.25) is 0 Å². The molecule has 0 aliphatic heterocycles. The standard InChI is InChI=1S/Ca.Mg.H2O4S.H2O3S.4H/c;;1-5(2,3)4;1-4(2)3;;;;/h;;(H2,1,2,3,4);(H2,1,2,3);;;;/q2*+2;;;4*-1. The molecule has 0 amide bonds. The molecule has 0 aromatic heterocycles.